The maximum absolute atomic E-state index is 9.47. The standard InChI is InChI=1S/C22H24BrN5O2/c1-22(2,3)21-25-17(13-24)20(29-21)28-10-8-14(9-11-28)19-26-18(27-30-19)12-15-6-4-5-7-16(15)23/h4-7,14H,8-12H2,1-3H3. The Morgan fingerprint density at radius 3 is 2.60 bits per heavy atom. The summed E-state index contributed by atoms with van der Waals surface area (Å²) < 4.78 is 12.6. The Kier molecular flexibility index (Phi) is 5.65. The molecule has 0 radical (unpaired) electrons. The number of rotatable bonds is 4. The highest BCUT2D eigenvalue weighted by Gasteiger charge is 2.31. The van der Waals surface area contributed by atoms with Crippen LogP contribution in [0.1, 0.15) is 68.4 Å². The van der Waals surface area contributed by atoms with Crippen molar-refractivity contribution in [3.05, 3.63) is 57.6 Å². The normalized spacial score (nSPS) is 15.4. The maximum Gasteiger partial charge on any atom is 0.234 e. The van der Waals surface area contributed by atoms with E-state index in [1.54, 1.807) is 0 Å². The number of halogens is 1. The van der Waals surface area contributed by atoms with Crippen LogP contribution in [0.2, 0.25) is 0 Å². The number of anilines is 1. The number of benzene rings is 1. The lowest BCUT2D eigenvalue weighted by Crippen LogP contribution is -2.33. The molecule has 0 amide bonds. The number of piperidine rings is 1. The van der Waals surface area contributed by atoms with Crippen molar-refractivity contribution in [1.82, 2.24) is 15.1 Å². The minimum atomic E-state index is -0.240. The Labute approximate surface area is 184 Å². The van der Waals surface area contributed by atoms with Crippen LogP contribution >= 0.6 is 15.9 Å². The van der Waals surface area contributed by atoms with Crippen molar-refractivity contribution in [2.75, 3.05) is 18.0 Å². The number of nitrogens with zero attached hydrogens (tertiary/aromatic N) is 5. The van der Waals surface area contributed by atoms with Crippen molar-refractivity contribution in [2.45, 2.75) is 51.4 Å². The first kappa shape index (κ1) is 20.6. The van der Waals surface area contributed by atoms with Crippen LogP contribution in [-0.4, -0.2) is 28.2 Å². The van der Waals surface area contributed by atoms with Gasteiger partial charge in [-0.1, -0.05) is 60.1 Å². The summed E-state index contributed by atoms with van der Waals surface area (Å²) in [5, 5.41) is 13.6. The van der Waals surface area contributed by atoms with Gasteiger partial charge in [-0.15, -0.1) is 0 Å². The Balaban J connectivity index is 1.42. The number of hydrogen-bond acceptors (Lipinski definition) is 7. The zero-order valence-electron chi connectivity index (χ0n) is 17.4. The molecule has 2 aromatic heterocycles. The van der Waals surface area contributed by atoms with Gasteiger partial charge in [0, 0.05) is 35.3 Å². The molecule has 1 aromatic carbocycles. The zero-order chi connectivity index (χ0) is 21.3. The third-order valence-corrected chi connectivity index (χ3v) is 6.05. The van der Waals surface area contributed by atoms with E-state index in [9.17, 15) is 5.26 Å². The minimum absolute atomic E-state index is 0.206. The molecule has 1 aliphatic heterocycles. The average molecular weight is 470 g/mol. The van der Waals surface area contributed by atoms with E-state index in [4.69, 9.17) is 8.94 Å². The van der Waals surface area contributed by atoms with Crippen molar-refractivity contribution >= 4 is 21.8 Å². The summed E-state index contributed by atoms with van der Waals surface area (Å²) in [5.74, 6) is 2.74. The molecule has 156 valence electrons. The molecular weight excluding hydrogens is 446 g/mol. The summed E-state index contributed by atoms with van der Waals surface area (Å²) in [4.78, 5) is 11.1. The van der Waals surface area contributed by atoms with Gasteiger partial charge in [-0.3, -0.25) is 0 Å². The first-order valence-corrected chi connectivity index (χ1v) is 10.9. The quantitative estimate of drug-likeness (QED) is 0.532. The second-order valence-electron chi connectivity index (χ2n) is 8.61. The molecule has 8 heteroatoms. The van der Waals surface area contributed by atoms with Crippen molar-refractivity contribution in [3.63, 3.8) is 0 Å². The van der Waals surface area contributed by atoms with Gasteiger partial charge in [-0.05, 0) is 24.5 Å². The molecule has 3 aromatic rings. The smallest absolute Gasteiger partial charge is 0.234 e. The van der Waals surface area contributed by atoms with Crippen LogP contribution in [0.3, 0.4) is 0 Å². The fraction of sp³-hybridized carbons (Fsp3) is 0.455. The summed E-state index contributed by atoms with van der Waals surface area (Å²) in [6.45, 7) is 7.57. The summed E-state index contributed by atoms with van der Waals surface area (Å²) in [5.41, 5.74) is 1.24. The zero-order valence-corrected chi connectivity index (χ0v) is 18.9. The molecule has 0 N–H and O–H groups in total. The molecule has 0 saturated carbocycles. The van der Waals surface area contributed by atoms with E-state index in [0.717, 1.165) is 36.0 Å². The number of aromatic nitrogens is 3. The lowest BCUT2D eigenvalue weighted by molar-refractivity contribution is 0.322. The van der Waals surface area contributed by atoms with Gasteiger partial charge in [0.25, 0.3) is 0 Å². The molecule has 1 saturated heterocycles. The molecule has 0 spiro atoms. The van der Waals surface area contributed by atoms with Crippen LogP contribution in [0.15, 0.2) is 37.7 Å². The monoisotopic (exact) mass is 469 g/mol. The van der Waals surface area contributed by atoms with Crippen molar-refractivity contribution < 1.29 is 8.94 Å². The number of oxazole rings is 1. The minimum Gasteiger partial charge on any atom is -0.423 e. The van der Waals surface area contributed by atoms with Crippen LogP contribution in [0.5, 0.6) is 0 Å². The fourth-order valence-electron chi connectivity index (χ4n) is 3.57. The molecule has 1 aliphatic rings. The second kappa shape index (κ2) is 8.23. The lowest BCUT2D eigenvalue weighted by Gasteiger charge is -2.30. The van der Waals surface area contributed by atoms with Crippen LogP contribution in [0.25, 0.3) is 0 Å². The van der Waals surface area contributed by atoms with E-state index < -0.39 is 0 Å². The fourth-order valence-corrected chi connectivity index (χ4v) is 3.99. The van der Waals surface area contributed by atoms with Crippen molar-refractivity contribution in [2.24, 2.45) is 0 Å². The van der Waals surface area contributed by atoms with Gasteiger partial charge >= 0.3 is 0 Å². The van der Waals surface area contributed by atoms with Gasteiger partial charge < -0.3 is 13.8 Å². The van der Waals surface area contributed by atoms with Gasteiger partial charge in [0.05, 0.1) is 0 Å². The van der Waals surface area contributed by atoms with Gasteiger partial charge in [0.1, 0.15) is 6.07 Å². The van der Waals surface area contributed by atoms with Gasteiger partial charge in [-0.25, -0.2) is 0 Å². The van der Waals surface area contributed by atoms with E-state index in [0.29, 0.717) is 35.6 Å². The topological polar surface area (TPSA) is 92.0 Å². The van der Waals surface area contributed by atoms with Crippen LogP contribution in [-0.2, 0) is 11.8 Å². The molecule has 7 nitrogen and oxygen atoms in total. The average Bonchev–Trinajstić information content (AvgIpc) is 3.37. The first-order valence-electron chi connectivity index (χ1n) is 10.1. The van der Waals surface area contributed by atoms with E-state index in [2.05, 4.69) is 48.1 Å². The number of hydrogen-bond donors (Lipinski definition) is 0. The molecular formula is C22H24BrN5O2. The lowest BCUT2D eigenvalue weighted by atomic mass is 9.97. The van der Waals surface area contributed by atoms with Crippen LogP contribution in [0.4, 0.5) is 5.88 Å². The first-order chi connectivity index (χ1) is 14.3. The predicted molar refractivity (Wildman–Crippen MR) is 115 cm³/mol. The highest BCUT2D eigenvalue weighted by Crippen LogP contribution is 2.34. The summed E-state index contributed by atoms with van der Waals surface area (Å²) in [6, 6.07) is 10.2. The highest BCUT2D eigenvalue weighted by molar-refractivity contribution is 9.10. The Morgan fingerprint density at radius 2 is 1.93 bits per heavy atom. The number of nitriles is 1. The van der Waals surface area contributed by atoms with Gasteiger partial charge in [0.2, 0.25) is 23.4 Å². The Hall–Kier alpha value is -2.66. The van der Waals surface area contributed by atoms with Crippen LogP contribution in [0, 0.1) is 11.3 Å². The summed E-state index contributed by atoms with van der Waals surface area (Å²) in [7, 11) is 0. The highest BCUT2D eigenvalue weighted by atomic mass is 79.9. The van der Waals surface area contributed by atoms with E-state index in [-0.39, 0.29) is 11.3 Å². The molecule has 0 aliphatic carbocycles. The molecule has 0 bridgehead atoms. The Bertz CT molecular complexity index is 1070. The van der Waals surface area contributed by atoms with E-state index in [1.165, 1.54) is 0 Å². The van der Waals surface area contributed by atoms with Crippen molar-refractivity contribution in [1.29, 1.82) is 5.26 Å². The second-order valence-corrected chi connectivity index (χ2v) is 9.47. The molecule has 30 heavy (non-hydrogen) atoms. The largest absolute Gasteiger partial charge is 0.423 e. The van der Waals surface area contributed by atoms with E-state index in [1.807, 2.05) is 39.0 Å². The molecule has 3 heterocycles. The Morgan fingerprint density at radius 1 is 1.20 bits per heavy atom. The van der Waals surface area contributed by atoms with Gasteiger partial charge in [-0.2, -0.15) is 15.2 Å². The molecule has 1 fully saturated rings. The molecule has 0 atom stereocenters. The third kappa shape index (κ3) is 4.26. The van der Waals surface area contributed by atoms with Crippen molar-refractivity contribution in [3.8, 4) is 6.07 Å². The van der Waals surface area contributed by atoms with Gasteiger partial charge in [0.15, 0.2) is 5.82 Å². The molecule has 0 unspecified atom stereocenters. The SMILES string of the molecule is CC(C)(C)c1nc(C#N)c(N2CCC(c3nc(Cc4ccccc4Br)no3)CC2)o1. The molecule has 4 rings (SSSR count). The predicted octanol–water partition coefficient (Wildman–Crippen LogP) is 4.96. The summed E-state index contributed by atoms with van der Waals surface area (Å²) in [6.07, 6.45) is 2.34. The van der Waals surface area contributed by atoms with E-state index >= 15 is 0 Å². The van der Waals surface area contributed by atoms with Crippen LogP contribution < -0.4 is 4.90 Å². The maximum atomic E-state index is 9.47. The summed E-state index contributed by atoms with van der Waals surface area (Å²) >= 11 is 3.56. The third-order valence-electron chi connectivity index (χ3n) is 5.28.